The molecule has 0 aliphatic carbocycles. The van der Waals surface area contributed by atoms with Crippen molar-refractivity contribution in [1.29, 1.82) is 0 Å². The molecule has 1 aromatic rings. The van der Waals surface area contributed by atoms with Gasteiger partial charge in [-0.25, -0.2) is 9.18 Å². The highest BCUT2D eigenvalue weighted by Crippen LogP contribution is 2.32. The minimum atomic E-state index is -4.84. The lowest BCUT2D eigenvalue weighted by Crippen LogP contribution is -2.67. The quantitative estimate of drug-likeness (QED) is 0.345. The predicted molar refractivity (Wildman–Crippen MR) is 103 cm³/mol. The van der Waals surface area contributed by atoms with Crippen LogP contribution in [0.1, 0.15) is 25.3 Å². The summed E-state index contributed by atoms with van der Waals surface area (Å²) in [7, 11) is 3.88. The van der Waals surface area contributed by atoms with E-state index in [0.717, 1.165) is 32.0 Å². The Hall–Kier alpha value is -1.95. The molecule has 0 saturated carbocycles. The van der Waals surface area contributed by atoms with E-state index in [9.17, 15) is 22.4 Å². The Bertz CT molecular complexity index is 687. The van der Waals surface area contributed by atoms with Gasteiger partial charge in [0.2, 0.25) is 0 Å². The van der Waals surface area contributed by atoms with Crippen molar-refractivity contribution in [2.75, 3.05) is 32.5 Å². The molecule has 3 unspecified atom stereocenters. The maximum atomic E-state index is 13.4. The van der Waals surface area contributed by atoms with E-state index in [1.54, 1.807) is 0 Å². The van der Waals surface area contributed by atoms with Gasteiger partial charge >= 0.3 is 12.2 Å². The number of alkyl halides is 3. The van der Waals surface area contributed by atoms with Crippen molar-refractivity contribution in [3.05, 3.63) is 29.6 Å². The molecule has 2 rings (SSSR count). The van der Waals surface area contributed by atoms with Gasteiger partial charge in [-0.2, -0.15) is 13.2 Å². The summed E-state index contributed by atoms with van der Waals surface area (Å²) in [4.78, 5) is 14.4. The first kappa shape index (κ1) is 23.3. The van der Waals surface area contributed by atoms with Crippen LogP contribution in [-0.2, 0) is 6.18 Å². The average molecular weight is 420 g/mol. The van der Waals surface area contributed by atoms with E-state index in [0.29, 0.717) is 12.1 Å². The van der Waals surface area contributed by atoms with Gasteiger partial charge in [-0.3, -0.25) is 15.5 Å². The summed E-state index contributed by atoms with van der Waals surface area (Å²) in [6.45, 7) is 3.74. The zero-order valence-electron chi connectivity index (χ0n) is 16.7. The Kier molecular flexibility index (Phi) is 8.20. The molecule has 0 radical (unpaired) electrons. The third-order valence-electron chi connectivity index (χ3n) is 4.66. The van der Waals surface area contributed by atoms with Crippen LogP contribution in [0.3, 0.4) is 0 Å². The van der Waals surface area contributed by atoms with Crippen molar-refractivity contribution in [2.24, 2.45) is 0 Å². The van der Waals surface area contributed by atoms with Crippen LogP contribution in [0.4, 0.5) is 28.0 Å². The van der Waals surface area contributed by atoms with Crippen molar-refractivity contribution in [1.82, 2.24) is 26.2 Å². The fourth-order valence-electron chi connectivity index (χ4n) is 3.17. The molecule has 3 atom stereocenters. The second-order valence-corrected chi connectivity index (χ2v) is 7.15. The second-order valence-electron chi connectivity index (χ2n) is 7.15. The van der Waals surface area contributed by atoms with Gasteiger partial charge in [0.25, 0.3) is 0 Å². The van der Waals surface area contributed by atoms with Gasteiger partial charge in [0.05, 0.1) is 11.7 Å². The van der Waals surface area contributed by atoms with Gasteiger partial charge in [0, 0.05) is 18.3 Å². The lowest BCUT2D eigenvalue weighted by Gasteiger charge is -2.40. The average Bonchev–Trinajstić information content (AvgIpc) is 2.62. The fourth-order valence-corrected chi connectivity index (χ4v) is 3.17. The van der Waals surface area contributed by atoms with Gasteiger partial charge in [-0.05, 0) is 58.6 Å². The molecule has 0 spiro atoms. The number of halogens is 4. The van der Waals surface area contributed by atoms with E-state index < -0.39 is 29.9 Å². The fraction of sp³-hybridized carbons (Fsp3) is 0.611. The number of nitrogens with one attached hydrogen (secondary N) is 5. The number of benzene rings is 1. The SMILES string of the molecule is CNCCCN(C)C1CC(C)NC(NC(=O)Nc2ccc(F)c(C(F)(F)F)c2)N1. The molecule has 1 heterocycles. The first-order valence-electron chi connectivity index (χ1n) is 9.41. The molecule has 1 aliphatic rings. The summed E-state index contributed by atoms with van der Waals surface area (Å²) in [5.74, 6) is -1.39. The molecule has 0 aromatic heterocycles. The molecule has 0 bridgehead atoms. The highest BCUT2D eigenvalue weighted by molar-refractivity contribution is 5.89. The zero-order valence-corrected chi connectivity index (χ0v) is 16.7. The topological polar surface area (TPSA) is 80.5 Å². The van der Waals surface area contributed by atoms with Crippen LogP contribution in [-0.4, -0.2) is 56.6 Å². The molecular weight excluding hydrogens is 392 g/mol. The lowest BCUT2D eigenvalue weighted by atomic mass is 10.1. The van der Waals surface area contributed by atoms with Crippen molar-refractivity contribution >= 4 is 11.7 Å². The van der Waals surface area contributed by atoms with Gasteiger partial charge < -0.3 is 16.0 Å². The predicted octanol–water partition coefficient (Wildman–Crippen LogP) is 2.09. The van der Waals surface area contributed by atoms with Gasteiger partial charge in [-0.15, -0.1) is 0 Å². The number of rotatable bonds is 7. The molecular formula is C18H28F4N6O. The van der Waals surface area contributed by atoms with Gasteiger partial charge in [0.1, 0.15) is 12.1 Å². The van der Waals surface area contributed by atoms with Crippen LogP contribution in [0.25, 0.3) is 0 Å². The molecule has 164 valence electrons. The van der Waals surface area contributed by atoms with E-state index in [-0.39, 0.29) is 17.9 Å². The van der Waals surface area contributed by atoms with E-state index in [2.05, 4.69) is 31.5 Å². The van der Waals surface area contributed by atoms with E-state index in [4.69, 9.17) is 0 Å². The molecule has 1 saturated heterocycles. The Morgan fingerprint density at radius 3 is 2.69 bits per heavy atom. The van der Waals surface area contributed by atoms with E-state index in [1.807, 2.05) is 21.0 Å². The maximum absolute atomic E-state index is 13.4. The minimum Gasteiger partial charge on any atom is -0.320 e. The van der Waals surface area contributed by atoms with Crippen LogP contribution in [0.15, 0.2) is 18.2 Å². The van der Waals surface area contributed by atoms with Crippen molar-refractivity contribution in [2.45, 2.75) is 44.4 Å². The van der Waals surface area contributed by atoms with Crippen LogP contribution in [0.5, 0.6) is 0 Å². The van der Waals surface area contributed by atoms with Crippen LogP contribution < -0.4 is 26.6 Å². The zero-order chi connectivity index (χ0) is 21.6. The number of hydrogen-bond acceptors (Lipinski definition) is 5. The van der Waals surface area contributed by atoms with E-state index in [1.165, 1.54) is 0 Å². The number of anilines is 1. The van der Waals surface area contributed by atoms with Gasteiger partial charge in [0.15, 0.2) is 0 Å². The number of nitrogens with zero attached hydrogens (tertiary/aromatic N) is 1. The summed E-state index contributed by atoms with van der Waals surface area (Å²) in [6, 6.07) is 1.72. The highest BCUT2D eigenvalue weighted by atomic mass is 19.4. The molecule has 7 nitrogen and oxygen atoms in total. The number of amides is 2. The lowest BCUT2D eigenvalue weighted by molar-refractivity contribution is -0.139. The summed E-state index contributed by atoms with van der Waals surface area (Å²) in [5, 5.41) is 14.5. The Labute approximate surface area is 167 Å². The smallest absolute Gasteiger partial charge is 0.320 e. The van der Waals surface area contributed by atoms with Crippen LogP contribution >= 0.6 is 0 Å². The van der Waals surface area contributed by atoms with Crippen molar-refractivity contribution < 1.29 is 22.4 Å². The van der Waals surface area contributed by atoms with Crippen LogP contribution in [0.2, 0.25) is 0 Å². The monoisotopic (exact) mass is 420 g/mol. The molecule has 29 heavy (non-hydrogen) atoms. The molecule has 5 N–H and O–H groups in total. The Morgan fingerprint density at radius 1 is 1.31 bits per heavy atom. The van der Waals surface area contributed by atoms with Crippen molar-refractivity contribution in [3.63, 3.8) is 0 Å². The summed E-state index contributed by atoms with van der Waals surface area (Å²) in [5.41, 5.74) is -1.58. The molecule has 11 heteroatoms. The molecule has 1 fully saturated rings. The van der Waals surface area contributed by atoms with Crippen LogP contribution in [0, 0.1) is 5.82 Å². The number of urea groups is 1. The Balaban J connectivity index is 1.94. The normalized spacial score (nSPS) is 22.6. The summed E-state index contributed by atoms with van der Waals surface area (Å²) < 4.78 is 51.8. The highest BCUT2D eigenvalue weighted by Gasteiger charge is 2.34. The minimum absolute atomic E-state index is 0.0241. The van der Waals surface area contributed by atoms with Crippen molar-refractivity contribution in [3.8, 4) is 0 Å². The largest absolute Gasteiger partial charge is 0.419 e. The van der Waals surface area contributed by atoms with E-state index >= 15 is 0 Å². The van der Waals surface area contributed by atoms with Gasteiger partial charge in [-0.1, -0.05) is 0 Å². The first-order valence-corrected chi connectivity index (χ1v) is 9.41. The molecule has 1 aromatic carbocycles. The molecule has 1 aliphatic heterocycles. The number of hydrogen-bond donors (Lipinski definition) is 5. The molecule has 2 amide bonds. The number of carbonyl (C=O) groups is 1. The third-order valence-corrected chi connectivity index (χ3v) is 4.66. The Morgan fingerprint density at radius 2 is 2.03 bits per heavy atom. The third kappa shape index (κ3) is 7.11. The second kappa shape index (κ2) is 10.2. The number of carbonyl (C=O) groups excluding carboxylic acids is 1. The summed E-state index contributed by atoms with van der Waals surface area (Å²) >= 11 is 0. The first-order chi connectivity index (χ1) is 13.6. The standard InChI is InChI=1S/C18H28F4N6O/c1-11-9-15(28(3)8-4-7-23-2)26-16(24-11)27-17(29)25-12-5-6-14(19)13(10-12)18(20,21)22/h5-6,10-11,15-16,23-24,26H,4,7-9H2,1-3H3,(H2,25,27,29). The summed E-state index contributed by atoms with van der Waals surface area (Å²) in [6.07, 6.45) is -3.60. The maximum Gasteiger partial charge on any atom is 0.419 e.